The molecule has 0 amide bonds. The van der Waals surface area contributed by atoms with Crippen LogP contribution in [0.1, 0.15) is 0 Å². The first-order chi connectivity index (χ1) is 30.7. The molecule has 5 nitrogen and oxygen atoms in total. The van der Waals surface area contributed by atoms with Crippen LogP contribution in [-0.2, 0) is 0 Å². The zero-order chi connectivity index (χ0) is 41.0. The van der Waals surface area contributed by atoms with Crippen molar-refractivity contribution in [2.75, 3.05) is 0 Å². The summed E-state index contributed by atoms with van der Waals surface area (Å²) in [6.45, 7) is 0. The SMILES string of the molecule is c1ccc(-c2ccc(-c3ccc(-c4nc(-c5ccccc5)nc(-c5ccc(-n6c7ccccc7c7c6ccc6c8ccccc8n(-c8ccccc8)c67)cc5)n4)cc3)cc2)cc1. The smallest absolute Gasteiger partial charge is 0.164 e. The molecule has 12 aromatic rings. The van der Waals surface area contributed by atoms with E-state index in [9.17, 15) is 0 Å². The summed E-state index contributed by atoms with van der Waals surface area (Å²) in [5.41, 5.74) is 14.4. The highest BCUT2D eigenvalue weighted by Crippen LogP contribution is 2.42. The van der Waals surface area contributed by atoms with Crippen molar-refractivity contribution in [3.8, 4) is 67.8 Å². The van der Waals surface area contributed by atoms with E-state index >= 15 is 0 Å². The summed E-state index contributed by atoms with van der Waals surface area (Å²) >= 11 is 0. The summed E-state index contributed by atoms with van der Waals surface area (Å²) in [4.78, 5) is 15.2. The van der Waals surface area contributed by atoms with Crippen molar-refractivity contribution in [1.29, 1.82) is 0 Å². The molecular formula is C57H37N5. The van der Waals surface area contributed by atoms with E-state index in [0.29, 0.717) is 17.5 Å². The van der Waals surface area contributed by atoms with Crippen LogP contribution in [0.4, 0.5) is 0 Å². The monoisotopic (exact) mass is 791 g/mol. The van der Waals surface area contributed by atoms with Gasteiger partial charge in [0.05, 0.1) is 22.1 Å². The van der Waals surface area contributed by atoms with Crippen LogP contribution in [0.2, 0.25) is 0 Å². The summed E-state index contributed by atoms with van der Waals surface area (Å²) in [5, 5.41) is 4.92. The number of benzene rings is 9. The Kier molecular flexibility index (Phi) is 8.42. The standard InChI is InChI=1S/C57H37N5/c1-4-14-38(15-5-1)39-24-26-40(27-25-39)41-28-30-43(31-29-41)56-58-55(42-16-6-2-7-17-42)59-57(60-56)44-32-34-46(35-33-44)61-51-23-13-11-21-49(51)53-52(61)37-36-48-47-20-10-12-22-50(47)62(54(48)53)45-18-8-3-9-19-45/h1-37H. The molecule has 5 heteroatoms. The van der Waals surface area contributed by atoms with Gasteiger partial charge in [-0.1, -0.05) is 170 Å². The summed E-state index contributed by atoms with van der Waals surface area (Å²) < 4.78 is 4.80. The molecule has 0 aliphatic heterocycles. The van der Waals surface area contributed by atoms with Gasteiger partial charge < -0.3 is 9.13 Å². The fourth-order valence-electron chi connectivity index (χ4n) is 9.04. The third-order valence-corrected chi connectivity index (χ3v) is 12.0. The Hall–Kier alpha value is -8.41. The van der Waals surface area contributed by atoms with E-state index in [1.807, 2.05) is 36.4 Å². The minimum Gasteiger partial charge on any atom is -0.309 e. The normalized spacial score (nSPS) is 11.5. The molecule has 0 radical (unpaired) electrons. The van der Waals surface area contributed by atoms with E-state index in [-0.39, 0.29) is 0 Å². The molecule has 0 spiro atoms. The van der Waals surface area contributed by atoms with Gasteiger partial charge in [0.1, 0.15) is 0 Å². The number of fused-ring (bicyclic) bond motifs is 7. The van der Waals surface area contributed by atoms with Crippen LogP contribution in [-0.4, -0.2) is 24.1 Å². The average molecular weight is 792 g/mol. The number of aromatic nitrogens is 5. The van der Waals surface area contributed by atoms with Crippen LogP contribution < -0.4 is 0 Å². The minimum atomic E-state index is 0.622. The van der Waals surface area contributed by atoms with Crippen molar-refractivity contribution >= 4 is 43.6 Å². The van der Waals surface area contributed by atoms with Crippen molar-refractivity contribution in [3.63, 3.8) is 0 Å². The lowest BCUT2D eigenvalue weighted by Gasteiger charge is -2.11. The van der Waals surface area contributed by atoms with Crippen molar-refractivity contribution in [1.82, 2.24) is 24.1 Å². The maximum atomic E-state index is 5.10. The topological polar surface area (TPSA) is 48.5 Å². The maximum absolute atomic E-state index is 5.10. The Bertz CT molecular complexity index is 3570. The molecule has 3 aromatic heterocycles. The van der Waals surface area contributed by atoms with Crippen molar-refractivity contribution in [2.45, 2.75) is 0 Å². The summed E-state index contributed by atoms with van der Waals surface area (Å²) in [6.07, 6.45) is 0. The van der Waals surface area contributed by atoms with Crippen molar-refractivity contribution in [3.05, 3.63) is 224 Å². The predicted molar refractivity (Wildman–Crippen MR) is 256 cm³/mol. The second-order valence-corrected chi connectivity index (χ2v) is 15.6. The Labute approximate surface area is 358 Å². The van der Waals surface area contributed by atoms with Crippen LogP contribution in [0.3, 0.4) is 0 Å². The van der Waals surface area contributed by atoms with Crippen molar-refractivity contribution in [2.24, 2.45) is 0 Å². The zero-order valence-electron chi connectivity index (χ0n) is 33.6. The third-order valence-electron chi connectivity index (χ3n) is 12.0. The maximum Gasteiger partial charge on any atom is 0.164 e. The molecule has 9 aromatic carbocycles. The number of para-hydroxylation sites is 3. The van der Waals surface area contributed by atoms with E-state index < -0.39 is 0 Å². The van der Waals surface area contributed by atoms with E-state index in [4.69, 9.17) is 15.0 Å². The van der Waals surface area contributed by atoms with Crippen LogP contribution in [0, 0.1) is 0 Å². The third kappa shape index (κ3) is 5.98. The lowest BCUT2D eigenvalue weighted by atomic mass is 9.99. The fourth-order valence-corrected chi connectivity index (χ4v) is 9.04. The first kappa shape index (κ1) is 35.5. The Morgan fingerprint density at radius 1 is 0.242 bits per heavy atom. The van der Waals surface area contributed by atoms with Gasteiger partial charge in [-0.3, -0.25) is 0 Å². The number of hydrogen-bond acceptors (Lipinski definition) is 3. The lowest BCUT2D eigenvalue weighted by Crippen LogP contribution is -2.00. The summed E-state index contributed by atoms with van der Waals surface area (Å²) in [6, 6.07) is 79.2. The Balaban J connectivity index is 0.951. The average Bonchev–Trinajstić information content (AvgIpc) is 3.88. The second kappa shape index (κ2) is 14.7. The molecule has 0 aliphatic rings. The fraction of sp³-hybridized carbons (Fsp3) is 0. The molecule has 290 valence electrons. The van der Waals surface area contributed by atoms with Gasteiger partial charge in [0.25, 0.3) is 0 Å². The molecule has 0 saturated heterocycles. The molecule has 0 saturated carbocycles. The van der Waals surface area contributed by atoms with Crippen LogP contribution >= 0.6 is 0 Å². The second-order valence-electron chi connectivity index (χ2n) is 15.6. The lowest BCUT2D eigenvalue weighted by molar-refractivity contribution is 1.07. The van der Waals surface area contributed by atoms with Gasteiger partial charge >= 0.3 is 0 Å². The number of nitrogens with zero attached hydrogens (tertiary/aromatic N) is 5. The molecule has 0 bridgehead atoms. The van der Waals surface area contributed by atoms with E-state index in [1.54, 1.807) is 0 Å². The Morgan fingerprint density at radius 2 is 0.629 bits per heavy atom. The quantitative estimate of drug-likeness (QED) is 0.162. The van der Waals surface area contributed by atoms with Gasteiger partial charge in [0, 0.05) is 49.6 Å². The van der Waals surface area contributed by atoms with Crippen LogP contribution in [0.15, 0.2) is 224 Å². The van der Waals surface area contributed by atoms with Gasteiger partial charge in [-0.15, -0.1) is 0 Å². The summed E-state index contributed by atoms with van der Waals surface area (Å²) in [5.74, 6) is 1.89. The van der Waals surface area contributed by atoms with Gasteiger partial charge in [-0.25, -0.2) is 15.0 Å². The number of hydrogen-bond donors (Lipinski definition) is 0. The van der Waals surface area contributed by atoms with Gasteiger partial charge in [0.15, 0.2) is 17.5 Å². The molecule has 0 fully saturated rings. The number of rotatable bonds is 7. The molecule has 3 heterocycles. The van der Waals surface area contributed by atoms with Gasteiger partial charge in [-0.05, 0) is 76.9 Å². The first-order valence-electron chi connectivity index (χ1n) is 20.9. The largest absolute Gasteiger partial charge is 0.309 e. The highest BCUT2D eigenvalue weighted by Gasteiger charge is 2.21. The highest BCUT2D eigenvalue weighted by molar-refractivity contribution is 6.26. The molecule has 62 heavy (non-hydrogen) atoms. The molecular weight excluding hydrogens is 755 g/mol. The summed E-state index contributed by atoms with van der Waals surface area (Å²) in [7, 11) is 0. The van der Waals surface area contributed by atoms with Crippen molar-refractivity contribution < 1.29 is 0 Å². The van der Waals surface area contributed by atoms with E-state index in [1.165, 1.54) is 43.7 Å². The molecule has 0 N–H and O–H groups in total. The van der Waals surface area contributed by atoms with Crippen LogP contribution in [0.25, 0.3) is 111 Å². The predicted octanol–water partition coefficient (Wildman–Crippen LogP) is 14.4. The van der Waals surface area contributed by atoms with Gasteiger partial charge in [-0.2, -0.15) is 0 Å². The molecule has 0 atom stereocenters. The van der Waals surface area contributed by atoms with Crippen LogP contribution in [0.5, 0.6) is 0 Å². The van der Waals surface area contributed by atoms with E-state index in [0.717, 1.165) is 50.2 Å². The minimum absolute atomic E-state index is 0.622. The molecule has 0 aliphatic carbocycles. The Morgan fingerprint density at radius 3 is 1.19 bits per heavy atom. The molecule has 0 unspecified atom stereocenters. The van der Waals surface area contributed by atoms with E-state index in [2.05, 4.69) is 197 Å². The zero-order valence-corrected chi connectivity index (χ0v) is 33.6. The highest BCUT2D eigenvalue weighted by atomic mass is 15.0. The molecule has 12 rings (SSSR count). The first-order valence-corrected chi connectivity index (χ1v) is 20.9. The van der Waals surface area contributed by atoms with Gasteiger partial charge in [0.2, 0.25) is 0 Å².